The number of rotatable bonds is 8. The topological polar surface area (TPSA) is 79.3 Å². The van der Waals surface area contributed by atoms with E-state index in [1.165, 1.54) is 18.2 Å². The van der Waals surface area contributed by atoms with Crippen LogP contribution in [0.25, 0.3) is 11.3 Å². The van der Waals surface area contributed by atoms with Gasteiger partial charge in [-0.25, -0.2) is 18.2 Å². The smallest absolute Gasteiger partial charge is 0.406 e. The highest BCUT2D eigenvalue weighted by atomic mass is 19.4. The first-order valence-corrected chi connectivity index (χ1v) is 10.00. The van der Waals surface area contributed by atoms with Gasteiger partial charge in [-0.3, -0.25) is 0 Å². The molecule has 0 radical (unpaired) electrons. The molecule has 1 aromatic heterocycles. The maximum atomic E-state index is 14.2. The molecule has 182 valence electrons. The minimum Gasteiger partial charge on any atom is -0.406 e. The van der Waals surface area contributed by atoms with Gasteiger partial charge >= 0.3 is 6.36 Å². The van der Waals surface area contributed by atoms with Crippen LogP contribution in [-0.2, 0) is 0 Å². The van der Waals surface area contributed by atoms with Crippen LogP contribution in [0, 0.1) is 23.4 Å². The molecule has 0 unspecified atom stereocenters. The van der Waals surface area contributed by atoms with Crippen molar-refractivity contribution in [1.82, 2.24) is 9.97 Å². The van der Waals surface area contributed by atoms with Crippen LogP contribution < -0.4 is 15.4 Å². The second-order valence-electron chi connectivity index (χ2n) is 7.56. The van der Waals surface area contributed by atoms with Gasteiger partial charge in [0.25, 0.3) is 0 Å². The fourth-order valence-corrected chi connectivity index (χ4v) is 2.93. The number of ether oxygens (including phenoxy) is 1. The van der Waals surface area contributed by atoms with Crippen LogP contribution in [0.4, 0.5) is 43.8 Å². The summed E-state index contributed by atoms with van der Waals surface area (Å²) in [6, 6.07) is 6.95. The molecule has 6 nitrogen and oxygen atoms in total. The van der Waals surface area contributed by atoms with E-state index in [1.54, 1.807) is 0 Å². The summed E-state index contributed by atoms with van der Waals surface area (Å²) in [5.41, 5.74) is -0.585. The second kappa shape index (κ2) is 10.2. The molecule has 3 aromatic rings. The average Bonchev–Trinajstić information content (AvgIpc) is 2.76. The first-order valence-electron chi connectivity index (χ1n) is 10.00. The zero-order valence-corrected chi connectivity index (χ0v) is 17.9. The Morgan fingerprint density at radius 2 is 1.71 bits per heavy atom. The first kappa shape index (κ1) is 25.1. The molecule has 0 aliphatic carbocycles. The van der Waals surface area contributed by atoms with E-state index >= 15 is 0 Å². The van der Waals surface area contributed by atoms with Crippen LogP contribution >= 0.6 is 0 Å². The molecule has 1 heterocycles. The molecule has 3 rings (SSSR count). The number of nitrogens with one attached hydrogen (secondary N) is 2. The lowest BCUT2D eigenvalue weighted by atomic mass is 10.1. The Balaban J connectivity index is 2.07. The maximum absolute atomic E-state index is 14.2. The largest absolute Gasteiger partial charge is 0.573 e. The number of nitrogens with zero attached hydrogens (tertiary/aromatic N) is 2. The Hall–Kier alpha value is -3.54. The van der Waals surface area contributed by atoms with Crippen molar-refractivity contribution in [3.63, 3.8) is 0 Å². The minimum absolute atomic E-state index is 0.0605. The minimum atomic E-state index is -4.91. The Morgan fingerprint density at radius 1 is 1.00 bits per heavy atom. The van der Waals surface area contributed by atoms with Crippen LogP contribution in [0.15, 0.2) is 42.5 Å². The number of alkyl halides is 3. The van der Waals surface area contributed by atoms with Crippen molar-refractivity contribution in [2.75, 3.05) is 17.2 Å². The van der Waals surface area contributed by atoms with Gasteiger partial charge in [0.15, 0.2) is 11.6 Å². The van der Waals surface area contributed by atoms with Crippen molar-refractivity contribution in [3.05, 3.63) is 59.9 Å². The summed E-state index contributed by atoms with van der Waals surface area (Å²) in [7, 11) is 0. The van der Waals surface area contributed by atoms with Crippen molar-refractivity contribution in [2.45, 2.75) is 26.3 Å². The summed E-state index contributed by atoms with van der Waals surface area (Å²) in [5, 5.41) is 14.8. The fourth-order valence-electron chi connectivity index (χ4n) is 2.93. The van der Waals surface area contributed by atoms with Gasteiger partial charge in [-0.15, -0.1) is 13.2 Å². The van der Waals surface area contributed by atoms with Crippen molar-refractivity contribution >= 4 is 17.5 Å². The zero-order chi connectivity index (χ0) is 25.0. The summed E-state index contributed by atoms with van der Waals surface area (Å²) < 4.78 is 83.7. The van der Waals surface area contributed by atoms with Crippen molar-refractivity contribution in [1.29, 1.82) is 0 Å². The number of aromatic nitrogens is 2. The predicted octanol–water partition coefficient (Wildman–Crippen LogP) is 5.63. The number of benzene rings is 2. The normalized spacial score (nSPS) is 12.5. The van der Waals surface area contributed by atoms with E-state index in [2.05, 4.69) is 25.3 Å². The highest BCUT2D eigenvalue weighted by molar-refractivity contribution is 5.69. The molecule has 0 saturated carbocycles. The fraction of sp³-hybridized carbons (Fsp3) is 0.273. The van der Waals surface area contributed by atoms with Gasteiger partial charge < -0.3 is 20.5 Å². The zero-order valence-electron chi connectivity index (χ0n) is 17.9. The van der Waals surface area contributed by atoms with Gasteiger partial charge in [0.05, 0.1) is 18.3 Å². The number of halogens is 6. The second-order valence-corrected chi connectivity index (χ2v) is 7.56. The molecule has 0 saturated heterocycles. The number of hydrogen-bond acceptors (Lipinski definition) is 6. The van der Waals surface area contributed by atoms with Crippen molar-refractivity contribution in [2.24, 2.45) is 5.92 Å². The van der Waals surface area contributed by atoms with Gasteiger partial charge in [0.1, 0.15) is 23.1 Å². The van der Waals surface area contributed by atoms with Gasteiger partial charge in [-0.05, 0) is 30.2 Å². The van der Waals surface area contributed by atoms with E-state index < -0.39 is 41.3 Å². The number of anilines is 3. The lowest BCUT2D eigenvalue weighted by Gasteiger charge is -2.21. The van der Waals surface area contributed by atoms with Crippen LogP contribution in [0.1, 0.15) is 13.8 Å². The SMILES string of the molecule is CC(C)[C@H](CO)Nc1nc(Nc2c(F)ccc(F)c2F)cc(-c2cccc(OC(F)(F)F)c2)n1. The quantitative estimate of drug-likeness (QED) is 0.283. The van der Waals surface area contributed by atoms with Gasteiger partial charge in [-0.2, -0.15) is 4.98 Å². The third-order valence-electron chi connectivity index (χ3n) is 4.70. The molecule has 1 atom stereocenters. The Morgan fingerprint density at radius 3 is 2.35 bits per heavy atom. The monoisotopic (exact) mass is 486 g/mol. The van der Waals surface area contributed by atoms with E-state index in [9.17, 15) is 31.4 Å². The molecular weight excluding hydrogens is 466 g/mol. The van der Waals surface area contributed by atoms with Gasteiger partial charge in [0.2, 0.25) is 5.95 Å². The lowest BCUT2D eigenvalue weighted by Crippen LogP contribution is -2.30. The Kier molecular flexibility index (Phi) is 7.50. The summed E-state index contributed by atoms with van der Waals surface area (Å²) in [5.74, 6) is -4.73. The van der Waals surface area contributed by atoms with Gasteiger partial charge in [0, 0.05) is 11.6 Å². The van der Waals surface area contributed by atoms with E-state index in [-0.39, 0.29) is 35.5 Å². The van der Waals surface area contributed by atoms with Crippen LogP contribution in [0.2, 0.25) is 0 Å². The van der Waals surface area contributed by atoms with Crippen LogP contribution in [-0.4, -0.2) is 34.1 Å². The number of aliphatic hydroxyl groups excluding tert-OH is 1. The third kappa shape index (κ3) is 6.28. The number of aliphatic hydroxyl groups is 1. The summed E-state index contributed by atoms with van der Waals surface area (Å²) in [4.78, 5) is 8.35. The standard InChI is InChI=1S/C22H20F6N4O2/c1-11(2)17(10-33)30-21-29-16(12-4-3-5-13(8-12)34-22(26,27)28)9-18(32-21)31-20-15(24)7-6-14(23)19(20)25/h3-9,11,17,33H,10H2,1-2H3,(H2,29,30,31,32)/t17-/m0/s1. The van der Waals surface area contributed by atoms with E-state index in [0.717, 1.165) is 18.2 Å². The van der Waals surface area contributed by atoms with Crippen LogP contribution in [0.3, 0.4) is 0 Å². The van der Waals surface area contributed by atoms with E-state index in [4.69, 9.17) is 0 Å². The molecule has 34 heavy (non-hydrogen) atoms. The molecule has 12 heteroatoms. The first-order chi connectivity index (χ1) is 16.0. The molecule has 0 bridgehead atoms. The molecule has 0 spiro atoms. The number of hydrogen-bond donors (Lipinski definition) is 3. The Labute approximate surface area is 190 Å². The lowest BCUT2D eigenvalue weighted by molar-refractivity contribution is -0.274. The summed E-state index contributed by atoms with van der Waals surface area (Å²) in [6.07, 6.45) is -4.91. The average molecular weight is 486 g/mol. The highest BCUT2D eigenvalue weighted by Crippen LogP contribution is 2.31. The highest BCUT2D eigenvalue weighted by Gasteiger charge is 2.31. The molecular formula is C22H20F6N4O2. The predicted molar refractivity (Wildman–Crippen MR) is 113 cm³/mol. The maximum Gasteiger partial charge on any atom is 0.573 e. The Bertz CT molecular complexity index is 1160. The molecule has 2 aromatic carbocycles. The van der Waals surface area contributed by atoms with Crippen molar-refractivity contribution in [3.8, 4) is 17.0 Å². The van der Waals surface area contributed by atoms with E-state index in [0.29, 0.717) is 6.07 Å². The molecule has 3 N–H and O–H groups in total. The molecule has 0 aliphatic heterocycles. The van der Waals surface area contributed by atoms with Crippen molar-refractivity contribution < 1.29 is 36.2 Å². The molecule has 0 fully saturated rings. The van der Waals surface area contributed by atoms with Gasteiger partial charge in [-0.1, -0.05) is 26.0 Å². The summed E-state index contributed by atoms with van der Waals surface area (Å²) >= 11 is 0. The van der Waals surface area contributed by atoms with E-state index in [1.807, 2.05) is 13.8 Å². The van der Waals surface area contributed by atoms with Crippen LogP contribution in [0.5, 0.6) is 5.75 Å². The molecule has 0 amide bonds. The summed E-state index contributed by atoms with van der Waals surface area (Å²) in [6.45, 7) is 3.33. The third-order valence-corrected chi connectivity index (χ3v) is 4.70. The molecule has 0 aliphatic rings.